The van der Waals surface area contributed by atoms with Crippen LogP contribution in [0.15, 0.2) is 18.2 Å². The number of ether oxygens (including phenoxy) is 1. The highest BCUT2D eigenvalue weighted by Gasteiger charge is 2.03. The maximum Gasteiger partial charge on any atom is 0.257 e. The lowest BCUT2D eigenvalue weighted by Gasteiger charge is -2.06. The van der Waals surface area contributed by atoms with E-state index in [0.717, 1.165) is 0 Å². The summed E-state index contributed by atoms with van der Waals surface area (Å²) < 4.78 is 5.20. The van der Waals surface area contributed by atoms with Crippen LogP contribution >= 0.6 is 23.2 Å². The van der Waals surface area contributed by atoms with Crippen molar-refractivity contribution in [1.29, 1.82) is 0 Å². The summed E-state index contributed by atoms with van der Waals surface area (Å²) in [6.07, 6.45) is 0. The van der Waals surface area contributed by atoms with Gasteiger partial charge >= 0.3 is 0 Å². The molecule has 0 fully saturated rings. The summed E-state index contributed by atoms with van der Waals surface area (Å²) in [4.78, 5) is 11.1. The van der Waals surface area contributed by atoms with E-state index in [1.165, 1.54) is 0 Å². The number of halogens is 2. The van der Waals surface area contributed by atoms with Crippen LogP contribution in [-0.4, -0.2) is 19.1 Å². The highest BCUT2D eigenvalue weighted by molar-refractivity contribution is 6.42. The monoisotopic (exact) mass is 247 g/mol. The molecule has 0 atom stereocenters. The summed E-state index contributed by atoms with van der Waals surface area (Å²) in [6.45, 7) is 2.41. The molecule has 0 spiro atoms. The highest BCUT2D eigenvalue weighted by atomic mass is 35.5. The largest absolute Gasteiger partial charge is 0.484 e. The molecule has 1 amide bonds. The number of benzene rings is 1. The second kappa shape index (κ2) is 5.83. The number of carbonyl (C=O) groups excluding carboxylic acids is 1. The first-order valence-corrected chi connectivity index (χ1v) is 5.23. The maximum atomic E-state index is 11.1. The van der Waals surface area contributed by atoms with Crippen LogP contribution < -0.4 is 10.1 Å². The molecular formula is C10H11Cl2NO2. The van der Waals surface area contributed by atoms with Gasteiger partial charge in [-0.25, -0.2) is 0 Å². The van der Waals surface area contributed by atoms with Gasteiger partial charge < -0.3 is 10.1 Å². The minimum atomic E-state index is -0.163. The van der Waals surface area contributed by atoms with Gasteiger partial charge in [0, 0.05) is 12.6 Å². The Bertz CT molecular complexity index is 355. The van der Waals surface area contributed by atoms with Gasteiger partial charge in [-0.05, 0) is 19.1 Å². The minimum Gasteiger partial charge on any atom is -0.484 e. The molecule has 1 aromatic rings. The molecule has 0 aliphatic carbocycles. The molecule has 0 heterocycles. The molecule has 15 heavy (non-hydrogen) atoms. The Morgan fingerprint density at radius 1 is 1.40 bits per heavy atom. The van der Waals surface area contributed by atoms with Crippen LogP contribution in [0.1, 0.15) is 6.92 Å². The van der Waals surface area contributed by atoms with Crippen molar-refractivity contribution >= 4 is 29.1 Å². The molecule has 0 aliphatic heterocycles. The quantitative estimate of drug-likeness (QED) is 0.888. The smallest absolute Gasteiger partial charge is 0.257 e. The maximum absolute atomic E-state index is 11.1. The SMILES string of the molecule is CCNC(=O)COc1ccc(Cl)c(Cl)c1. The van der Waals surface area contributed by atoms with Crippen molar-refractivity contribution in [3.05, 3.63) is 28.2 Å². The predicted octanol–water partition coefficient (Wildman–Crippen LogP) is 2.51. The van der Waals surface area contributed by atoms with Gasteiger partial charge in [-0.2, -0.15) is 0 Å². The lowest BCUT2D eigenvalue weighted by Crippen LogP contribution is -2.28. The zero-order valence-electron chi connectivity index (χ0n) is 8.22. The van der Waals surface area contributed by atoms with Crippen molar-refractivity contribution in [2.45, 2.75) is 6.92 Å². The van der Waals surface area contributed by atoms with E-state index in [1.807, 2.05) is 6.92 Å². The van der Waals surface area contributed by atoms with Crippen molar-refractivity contribution in [1.82, 2.24) is 5.32 Å². The second-order valence-electron chi connectivity index (χ2n) is 2.82. The summed E-state index contributed by atoms with van der Waals surface area (Å²) in [5.41, 5.74) is 0. The third-order valence-corrected chi connectivity index (χ3v) is 2.37. The Morgan fingerprint density at radius 3 is 2.73 bits per heavy atom. The average molecular weight is 248 g/mol. The van der Waals surface area contributed by atoms with E-state index in [-0.39, 0.29) is 12.5 Å². The van der Waals surface area contributed by atoms with Crippen LogP contribution in [0, 0.1) is 0 Å². The van der Waals surface area contributed by atoms with Gasteiger partial charge in [-0.3, -0.25) is 4.79 Å². The number of likely N-dealkylation sites (N-methyl/N-ethyl adjacent to an activating group) is 1. The minimum absolute atomic E-state index is 0.0220. The zero-order valence-corrected chi connectivity index (χ0v) is 9.73. The van der Waals surface area contributed by atoms with Crippen molar-refractivity contribution < 1.29 is 9.53 Å². The van der Waals surface area contributed by atoms with Gasteiger partial charge in [0.2, 0.25) is 0 Å². The molecular weight excluding hydrogens is 237 g/mol. The van der Waals surface area contributed by atoms with Gasteiger partial charge in [-0.1, -0.05) is 23.2 Å². The van der Waals surface area contributed by atoms with E-state index >= 15 is 0 Å². The standard InChI is InChI=1S/C10H11Cl2NO2/c1-2-13-10(14)6-15-7-3-4-8(11)9(12)5-7/h3-5H,2,6H2,1H3,(H,13,14). The molecule has 0 aromatic heterocycles. The van der Waals surface area contributed by atoms with Crippen molar-refractivity contribution in [3.8, 4) is 5.75 Å². The topological polar surface area (TPSA) is 38.3 Å². The Morgan fingerprint density at radius 2 is 2.13 bits per heavy atom. The third-order valence-electron chi connectivity index (χ3n) is 1.63. The van der Waals surface area contributed by atoms with Crippen molar-refractivity contribution in [3.63, 3.8) is 0 Å². The Kier molecular flexibility index (Phi) is 4.72. The summed E-state index contributed by atoms with van der Waals surface area (Å²) in [5, 5.41) is 3.49. The molecule has 0 aliphatic rings. The summed E-state index contributed by atoms with van der Waals surface area (Å²) >= 11 is 11.5. The number of amides is 1. The van der Waals surface area contributed by atoms with Crippen molar-refractivity contribution in [2.24, 2.45) is 0 Å². The molecule has 0 bridgehead atoms. The molecule has 1 rings (SSSR count). The van der Waals surface area contributed by atoms with E-state index in [0.29, 0.717) is 22.3 Å². The van der Waals surface area contributed by atoms with Crippen LogP contribution in [-0.2, 0) is 4.79 Å². The number of nitrogens with one attached hydrogen (secondary N) is 1. The van der Waals surface area contributed by atoms with E-state index in [2.05, 4.69) is 5.32 Å². The number of rotatable bonds is 4. The summed E-state index contributed by atoms with van der Waals surface area (Å²) in [7, 11) is 0. The fraction of sp³-hybridized carbons (Fsp3) is 0.300. The first-order chi connectivity index (χ1) is 7.13. The van der Waals surface area contributed by atoms with Crippen LogP contribution in [0.25, 0.3) is 0 Å². The van der Waals surface area contributed by atoms with Gasteiger partial charge in [0.25, 0.3) is 5.91 Å². The molecule has 5 heteroatoms. The molecule has 0 radical (unpaired) electrons. The predicted molar refractivity (Wildman–Crippen MR) is 60.6 cm³/mol. The summed E-state index contributed by atoms with van der Waals surface area (Å²) in [6, 6.07) is 4.85. The van der Waals surface area contributed by atoms with Crippen molar-refractivity contribution in [2.75, 3.05) is 13.2 Å². The normalized spacial score (nSPS) is 9.80. The molecule has 82 valence electrons. The molecule has 0 saturated heterocycles. The molecule has 1 aromatic carbocycles. The highest BCUT2D eigenvalue weighted by Crippen LogP contribution is 2.26. The number of hydrogen-bond acceptors (Lipinski definition) is 2. The van der Waals surface area contributed by atoms with E-state index in [9.17, 15) is 4.79 Å². The van der Waals surface area contributed by atoms with E-state index in [4.69, 9.17) is 27.9 Å². The Balaban J connectivity index is 2.51. The van der Waals surface area contributed by atoms with Crippen LogP contribution in [0.5, 0.6) is 5.75 Å². The fourth-order valence-electron chi connectivity index (χ4n) is 0.964. The van der Waals surface area contributed by atoms with E-state index in [1.54, 1.807) is 18.2 Å². The first-order valence-electron chi connectivity index (χ1n) is 4.48. The Hall–Kier alpha value is -0.930. The van der Waals surface area contributed by atoms with Gasteiger partial charge in [0.05, 0.1) is 10.0 Å². The third kappa shape index (κ3) is 3.98. The number of hydrogen-bond donors (Lipinski definition) is 1. The molecule has 3 nitrogen and oxygen atoms in total. The number of carbonyl (C=O) groups is 1. The fourth-order valence-corrected chi connectivity index (χ4v) is 1.25. The molecule has 0 unspecified atom stereocenters. The van der Waals surface area contributed by atoms with Crippen LogP contribution in [0.2, 0.25) is 10.0 Å². The summed E-state index contributed by atoms with van der Waals surface area (Å²) in [5.74, 6) is 0.360. The van der Waals surface area contributed by atoms with E-state index < -0.39 is 0 Å². The lowest BCUT2D eigenvalue weighted by molar-refractivity contribution is -0.122. The second-order valence-corrected chi connectivity index (χ2v) is 3.63. The first kappa shape index (κ1) is 12.1. The molecule has 0 saturated carbocycles. The van der Waals surface area contributed by atoms with Gasteiger partial charge in [-0.15, -0.1) is 0 Å². The average Bonchev–Trinajstić information content (AvgIpc) is 2.20. The molecule has 1 N–H and O–H groups in total. The van der Waals surface area contributed by atoms with Gasteiger partial charge in [0.1, 0.15) is 5.75 Å². The van der Waals surface area contributed by atoms with Crippen LogP contribution in [0.4, 0.5) is 0 Å². The lowest BCUT2D eigenvalue weighted by atomic mass is 10.3. The van der Waals surface area contributed by atoms with Crippen LogP contribution in [0.3, 0.4) is 0 Å². The van der Waals surface area contributed by atoms with Gasteiger partial charge in [0.15, 0.2) is 6.61 Å². The zero-order chi connectivity index (χ0) is 11.3. The Labute approximate surface area is 98.3 Å².